The molecule has 0 bridgehead atoms. The van der Waals surface area contributed by atoms with Crippen LogP contribution in [0.25, 0.3) is 0 Å². The minimum absolute atomic E-state index is 0.0630. The average molecular weight is 440 g/mol. The monoisotopic (exact) mass is 439 g/mol. The van der Waals surface area contributed by atoms with Gasteiger partial charge < -0.3 is 14.2 Å². The highest BCUT2D eigenvalue weighted by Gasteiger charge is 2.67. The maximum atomic E-state index is 13.3. The highest BCUT2D eigenvalue weighted by molar-refractivity contribution is 5.83. The van der Waals surface area contributed by atoms with Crippen molar-refractivity contribution in [3.05, 3.63) is 12.7 Å². The largest absolute Gasteiger partial charge is 0.518 e. The number of nitrogens with zero attached hydrogens (tertiary/aromatic N) is 2. The summed E-state index contributed by atoms with van der Waals surface area (Å²) in [6.45, 7) is 21.0. The maximum Gasteiger partial charge on any atom is 0.518 e. The van der Waals surface area contributed by atoms with Crippen molar-refractivity contribution in [1.82, 2.24) is 4.90 Å². The Morgan fingerprint density at radius 1 is 0.871 bits per heavy atom. The molecule has 2 heterocycles. The van der Waals surface area contributed by atoms with Crippen LogP contribution in [-0.2, 0) is 19.0 Å². The number of amides is 2. The SMILES string of the molecule is C=C[C@@H]1C[C@@H](C(=O)OC(C)(C)C)N(C(=O)OC(C)(C)C)[C@H]1[N+]1(C(=O)OC(C)(C)C)CC1. The molecular formula is C23H39N2O6+. The number of carbonyl (C=O) groups excluding carboxylic acids is 3. The number of rotatable bonds is 3. The second kappa shape index (κ2) is 8.11. The molecule has 0 aromatic rings. The van der Waals surface area contributed by atoms with E-state index in [1.165, 1.54) is 4.90 Å². The molecule has 0 aromatic heterocycles. The van der Waals surface area contributed by atoms with Gasteiger partial charge in [-0.2, -0.15) is 9.28 Å². The summed E-state index contributed by atoms with van der Waals surface area (Å²) in [5.74, 6) is -0.808. The molecular weight excluding hydrogens is 400 g/mol. The summed E-state index contributed by atoms with van der Waals surface area (Å²) >= 11 is 0. The summed E-state index contributed by atoms with van der Waals surface area (Å²) in [5.41, 5.74) is -2.15. The van der Waals surface area contributed by atoms with Crippen LogP contribution in [0.4, 0.5) is 9.59 Å². The number of ether oxygens (including phenoxy) is 3. The highest BCUT2D eigenvalue weighted by atomic mass is 16.6. The Kier molecular flexibility index (Phi) is 6.59. The van der Waals surface area contributed by atoms with E-state index >= 15 is 0 Å². The zero-order valence-electron chi connectivity index (χ0n) is 20.5. The minimum Gasteiger partial charge on any atom is -0.458 e. The number of quaternary nitrogens is 1. The fraction of sp³-hybridized carbons (Fsp3) is 0.783. The van der Waals surface area contributed by atoms with Crippen LogP contribution in [-0.4, -0.2) is 69.6 Å². The van der Waals surface area contributed by atoms with E-state index in [4.69, 9.17) is 14.2 Å². The van der Waals surface area contributed by atoms with Crippen molar-refractivity contribution in [2.24, 2.45) is 5.92 Å². The fourth-order valence-electron chi connectivity index (χ4n) is 3.85. The van der Waals surface area contributed by atoms with Gasteiger partial charge in [-0.05, 0) is 68.7 Å². The standard InChI is InChI=1S/C23H39N2O6/c1-11-15-14-16(18(26)29-21(2,3)4)24(19(27)30-22(5,6)7)17(15)25(12-13-25)20(28)31-23(8,9)10/h11,15-17H,1,12-14H2,2-10H3/q+1/t15-,16+,17+/m1/s1. The van der Waals surface area contributed by atoms with Gasteiger partial charge in [-0.1, -0.05) is 6.08 Å². The molecule has 2 aliphatic rings. The van der Waals surface area contributed by atoms with Gasteiger partial charge in [-0.15, -0.1) is 6.58 Å². The van der Waals surface area contributed by atoms with Gasteiger partial charge in [0, 0.05) is 0 Å². The molecule has 2 saturated heterocycles. The first-order chi connectivity index (χ1) is 13.9. The first kappa shape index (κ1) is 25.2. The number of carbonyl (C=O) groups is 3. The number of hydrogen-bond acceptors (Lipinski definition) is 6. The first-order valence-corrected chi connectivity index (χ1v) is 10.9. The molecule has 3 atom stereocenters. The van der Waals surface area contributed by atoms with E-state index < -0.39 is 47.2 Å². The molecule has 2 aliphatic heterocycles. The second-order valence-electron chi connectivity index (χ2n) is 11.4. The van der Waals surface area contributed by atoms with Crippen molar-refractivity contribution >= 4 is 18.2 Å². The van der Waals surface area contributed by atoms with Crippen molar-refractivity contribution in [3.63, 3.8) is 0 Å². The van der Waals surface area contributed by atoms with E-state index in [9.17, 15) is 14.4 Å². The zero-order valence-corrected chi connectivity index (χ0v) is 20.5. The van der Waals surface area contributed by atoms with Gasteiger partial charge in [0.05, 0.1) is 5.92 Å². The van der Waals surface area contributed by atoms with E-state index in [2.05, 4.69) is 6.58 Å². The average Bonchev–Trinajstić information content (AvgIpc) is 3.23. The van der Waals surface area contributed by atoms with Gasteiger partial charge in [-0.25, -0.2) is 14.5 Å². The predicted octanol–water partition coefficient (Wildman–Crippen LogP) is 4.23. The number of likely N-dealkylation sites (tertiary alicyclic amines) is 1. The lowest BCUT2D eigenvalue weighted by atomic mass is 10.0. The summed E-state index contributed by atoms with van der Waals surface area (Å²) in [6.07, 6.45) is 0.313. The van der Waals surface area contributed by atoms with Crippen LogP contribution in [0, 0.1) is 5.92 Å². The van der Waals surface area contributed by atoms with E-state index in [0.29, 0.717) is 19.5 Å². The molecule has 2 amide bonds. The summed E-state index contributed by atoms with van der Waals surface area (Å²) in [7, 11) is 0. The molecule has 0 saturated carbocycles. The van der Waals surface area contributed by atoms with Crippen LogP contribution in [0.5, 0.6) is 0 Å². The van der Waals surface area contributed by atoms with Crippen molar-refractivity contribution in [2.75, 3.05) is 13.1 Å². The molecule has 2 fully saturated rings. The minimum atomic E-state index is -0.875. The summed E-state index contributed by atoms with van der Waals surface area (Å²) in [6, 6.07) is -0.875. The topological polar surface area (TPSA) is 82.1 Å². The second-order valence-corrected chi connectivity index (χ2v) is 11.4. The molecule has 0 unspecified atom stereocenters. The fourth-order valence-corrected chi connectivity index (χ4v) is 3.85. The quantitative estimate of drug-likeness (QED) is 0.215. The summed E-state index contributed by atoms with van der Waals surface area (Å²) in [5, 5.41) is 0. The van der Waals surface area contributed by atoms with Crippen molar-refractivity contribution in [1.29, 1.82) is 0 Å². The molecule has 0 aliphatic carbocycles. The molecule has 0 spiro atoms. The lowest BCUT2D eigenvalue weighted by Crippen LogP contribution is -2.59. The molecule has 0 radical (unpaired) electrons. The predicted molar refractivity (Wildman–Crippen MR) is 116 cm³/mol. The van der Waals surface area contributed by atoms with E-state index in [0.717, 1.165) is 0 Å². The van der Waals surface area contributed by atoms with E-state index in [1.807, 2.05) is 0 Å². The van der Waals surface area contributed by atoms with Crippen LogP contribution < -0.4 is 0 Å². The van der Waals surface area contributed by atoms with Gasteiger partial charge in [0.1, 0.15) is 35.9 Å². The van der Waals surface area contributed by atoms with Crippen LogP contribution in [0.3, 0.4) is 0 Å². The van der Waals surface area contributed by atoms with Gasteiger partial charge in [0.25, 0.3) is 0 Å². The summed E-state index contributed by atoms with van der Waals surface area (Å²) < 4.78 is 16.9. The van der Waals surface area contributed by atoms with Crippen molar-refractivity contribution in [3.8, 4) is 0 Å². The Balaban J connectivity index is 2.47. The molecule has 176 valence electrons. The van der Waals surface area contributed by atoms with Gasteiger partial charge in [0.2, 0.25) is 0 Å². The lowest BCUT2D eigenvalue weighted by molar-refractivity contribution is -0.770. The Morgan fingerprint density at radius 3 is 1.74 bits per heavy atom. The normalized spacial score (nSPS) is 25.6. The molecule has 8 heteroatoms. The third kappa shape index (κ3) is 5.99. The van der Waals surface area contributed by atoms with Gasteiger partial charge in [0.15, 0.2) is 6.17 Å². The van der Waals surface area contributed by atoms with Crippen molar-refractivity contribution in [2.45, 2.75) is 97.7 Å². The lowest BCUT2D eigenvalue weighted by Gasteiger charge is -2.36. The molecule has 31 heavy (non-hydrogen) atoms. The third-order valence-electron chi connectivity index (χ3n) is 5.05. The van der Waals surface area contributed by atoms with Gasteiger partial charge in [-0.3, -0.25) is 0 Å². The van der Waals surface area contributed by atoms with E-state index in [1.54, 1.807) is 68.4 Å². The third-order valence-corrected chi connectivity index (χ3v) is 5.05. The Morgan fingerprint density at radius 2 is 1.35 bits per heavy atom. The Hall–Kier alpha value is -2.09. The van der Waals surface area contributed by atoms with Crippen LogP contribution in [0.2, 0.25) is 0 Å². The molecule has 0 aromatic carbocycles. The smallest absolute Gasteiger partial charge is 0.458 e. The Labute approximate surface area is 186 Å². The van der Waals surface area contributed by atoms with Crippen LogP contribution in [0.1, 0.15) is 68.7 Å². The highest BCUT2D eigenvalue weighted by Crippen LogP contribution is 2.44. The number of esters is 1. The first-order valence-electron chi connectivity index (χ1n) is 10.9. The molecule has 0 N–H and O–H groups in total. The van der Waals surface area contributed by atoms with E-state index in [-0.39, 0.29) is 10.4 Å². The van der Waals surface area contributed by atoms with Crippen LogP contribution >= 0.6 is 0 Å². The molecule has 8 nitrogen and oxygen atoms in total. The maximum absolute atomic E-state index is 13.3. The number of hydrogen-bond donors (Lipinski definition) is 0. The summed E-state index contributed by atoms with van der Waals surface area (Å²) in [4.78, 5) is 40.9. The van der Waals surface area contributed by atoms with Crippen LogP contribution in [0.15, 0.2) is 12.7 Å². The zero-order chi connectivity index (χ0) is 24.0. The van der Waals surface area contributed by atoms with Crippen molar-refractivity contribution < 1.29 is 33.1 Å². The Bertz CT molecular complexity index is 737. The molecule has 2 rings (SSSR count). The van der Waals surface area contributed by atoms with Gasteiger partial charge >= 0.3 is 18.2 Å².